The van der Waals surface area contributed by atoms with Gasteiger partial charge in [0.25, 0.3) is 5.56 Å². The van der Waals surface area contributed by atoms with Gasteiger partial charge in [0.2, 0.25) is 0 Å². The first-order valence-corrected chi connectivity index (χ1v) is 12.6. The summed E-state index contributed by atoms with van der Waals surface area (Å²) in [6.07, 6.45) is 1.92. The highest BCUT2D eigenvalue weighted by atomic mass is 16.5. The highest BCUT2D eigenvalue weighted by Gasteiger charge is 2.25. The van der Waals surface area contributed by atoms with E-state index in [4.69, 9.17) is 19.7 Å². The second kappa shape index (κ2) is 10.2. The molecule has 3 aromatic heterocycles. The number of morpholine rings is 1. The largest absolute Gasteiger partial charge is 0.492 e. The summed E-state index contributed by atoms with van der Waals surface area (Å²) >= 11 is 0. The van der Waals surface area contributed by atoms with Crippen molar-refractivity contribution in [1.82, 2.24) is 24.3 Å². The van der Waals surface area contributed by atoms with E-state index in [1.54, 1.807) is 12.1 Å². The van der Waals surface area contributed by atoms with Crippen molar-refractivity contribution < 1.29 is 9.47 Å². The van der Waals surface area contributed by atoms with E-state index >= 15 is 0 Å². The van der Waals surface area contributed by atoms with Crippen LogP contribution in [0, 0.1) is 0 Å². The number of rotatable bonds is 7. The number of hydrogen-bond acceptors (Lipinski definition) is 6. The van der Waals surface area contributed by atoms with Gasteiger partial charge in [-0.25, -0.2) is 9.20 Å². The Balaban J connectivity index is 1.52. The Morgan fingerprint density at radius 3 is 2.50 bits per heavy atom. The highest BCUT2D eigenvalue weighted by molar-refractivity contribution is 5.91. The van der Waals surface area contributed by atoms with Gasteiger partial charge in [0.05, 0.1) is 36.0 Å². The van der Waals surface area contributed by atoms with Gasteiger partial charge in [0, 0.05) is 42.5 Å². The molecule has 0 saturated carbocycles. The van der Waals surface area contributed by atoms with Crippen LogP contribution in [0.15, 0.2) is 65.6 Å². The molecule has 36 heavy (non-hydrogen) atoms. The van der Waals surface area contributed by atoms with Crippen molar-refractivity contribution in [1.29, 1.82) is 0 Å². The fourth-order valence-corrected chi connectivity index (χ4v) is 4.84. The van der Waals surface area contributed by atoms with E-state index in [0.29, 0.717) is 24.4 Å². The number of hydrogen-bond donors (Lipinski definition) is 0. The van der Waals surface area contributed by atoms with Gasteiger partial charge in [-0.15, -0.1) is 0 Å². The van der Waals surface area contributed by atoms with Gasteiger partial charge in [-0.05, 0) is 39.8 Å². The molecule has 5 rings (SSSR count). The van der Waals surface area contributed by atoms with Gasteiger partial charge in [-0.2, -0.15) is 10.2 Å². The lowest BCUT2D eigenvalue weighted by atomic mass is 10.0. The summed E-state index contributed by atoms with van der Waals surface area (Å²) in [4.78, 5) is 14.8. The van der Waals surface area contributed by atoms with E-state index < -0.39 is 0 Å². The molecule has 0 bridgehead atoms. The van der Waals surface area contributed by atoms with Crippen molar-refractivity contribution in [3.63, 3.8) is 0 Å². The molecule has 8 nitrogen and oxygen atoms in total. The fourth-order valence-electron chi connectivity index (χ4n) is 4.84. The van der Waals surface area contributed by atoms with Crippen molar-refractivity contribution >= 4 is 5.52 Å². The number of ether oxygens (including phenoxy) is 2. The molecular weight excluding hydrogens is 454 g/mol. The second-order valence-corrected chi connectivity index (χ2v) is 9.70. The second-order valence-electron chi connectivity index (χ2n) is 9.70. The lowest BCUT2D eigenvalue weighted by Gasteiger charge is -2.38. The molecule has 0 amide bonds. The Morgan fingerprint density at radius 2 is 1.78 bits per heavy atom. The van der Waals surface area contributed by atoms with Crippen LogP contribution in [0.25, 0.3) is 28.0 Å². The zero-order valence-electron chi connectivity index (χ0n) is 21.3. The topological polar surface area (TPSA) is 73.9 Å². The van der Waals surface area contributed by atoms with Crippen LogP contribution in [0.5, 0.6) is 5.75 Å². The van der Waals surface area contributed by atoms with Crippen LogP contribution in [0.1, 0.15) is 33.7 Å². The maximum atomic E-state index is 12.4. The predicted molar refractivity (Wildman–Crippen MR) is 140 cm³/mol. The Hall–Kier alpha value is -3.49. The summed E-state index contributed by atoms with van der Waals surface area (Å²) in [6, 6.07) is 18.0. The Bertz CT molecular complexity index is 1390. The van der Waals surface area contributed by atoms with Crippen molar-refractivity contribution in [3.8, 4) is 28.3 Å². The van der Waals surface area contributed by atoms with E-state index in [1.165, 1.54) is 4.68 Å². The van der Waals surface area contributed by atoms with Crippen molar-refractivity contribution in [3.05, 3.63) is 71.1 Å². The Labute approximate surface area is 211 Å². The number of nitrogens with zero attached hydrogens (tertiary/aromatic N) is 5. The molecule has 1 aromatic carbocycles. The van der Waals surface area contributed by atoms with Crippen LogP contribution in [0.2, 0.25) is 0 Å². The van der Waals surface area contributed by atoms with Crippen LogP contribution in [-0.2, 0) is 4.74 Å². The van der Waals surface area contributed by atoms with Gasteiger partial charge in [0.15, 0.2) is 0 Å². The molecular formula is C28H33N5O3. The summed E-state index contributed by atoms with van der Waals surface area (Å²) in [6.45, 7) is 11.2. The van der Waals surface area contributed by atoms with E-state index in [2.05, 4.69) is 18.7 Å². The number of fused-ring (bicyclic) bond motifs is 1. The minimum absolute atomic E-state index is 0.0525. The zero-order chi connectivity index (χ0) is 25.2. The van der Waals surface area contributed by atoms with Crippen LogP contribution < -0.4 is 10.3 Å². The SMILES string of the molecule is CC1COCC(C)N1CCOc1ccn2nc(-c3ccccc3)c(-c3ccc(=O)n(C(C)C)n3)c2c1. The summed E-state index contributed by atoms with van der Waals surface area (Å²) in [7, 11) is 0. The van der Waals surface area contributed by atoms with Crippen LogP contribution >= 0.6 is 0 Å². The van der Waals surface area contributed by atoms with E-state index in [9.17, 15) is 4.79 Å². The third kappa shape index (κ3) is 4.79. The molecule has 0 aliphatic carbocycles. The Morgan fingerprint density at radius 1 is 1.03 bits per heavy atom. The third-order valence-corrected chi connectivity index (χ3v) is 6.69. The molecule has 1 saturated heterocycles. The molecule has 4 aromatic rings. The van der Waals surface area contributed by atoms with Gasteiger partial charge in [-0.1, -0.05) is 30.3 Å². The molecule has 0 N–H and O–H groups in total. The third-order valence-electron chi connectivity index (χ3n) is 6.69. The average Bonchev–Trinajstić information content (AvgIpc) is 3.25. The molecule has 1 aliphatic heterocycles. The highest BCUT2D eigenvalue weighted by Crippen LogP contribution is 2.35. The molecule has 2 atom stereocenters. The van der Waals surface area contributed by atoms with Crippen molar-refractivity contribution in [2.75, 3.05) is 26.4 Å². The number of pyridine rings is 1. The minimum Gasteiger partial charge on any atom is -0.492 e. The summed E-state index contributed by atoms with van der Waals surface area (Å²) in [5, 5.41) is 9.59. The van der Waals surface area contributed by atoms with Crippen LogP contribution in [0.4, 0.5) is 0 Å². The molecule has 188 valence electrons. The van der Waals surface area contributed by atoms with Gasteiger partial charge in [0.1, 0.15) is 18.1 Å². The smallest absolute Gasteiger partial charge is 0.267 e. The normalized spacial score (nSPS) is 18.7. The van der Waals surface area contributed by atoms with Crippen molar-refractivity contribution in [2.45, 2.75) is 45.8 Å². The first kappa shape index (κ1) is 24.2. The van der Waals surface area contributed by atoms with E-state index in [0.717, 1.165) is 47.8 Å². The lowest BCUT2D eigenvalue weighted by Crippen LogP contribution is -2.50. The average molecular weight is 488 g/mol. The van der Waals surface area contributed by atoms with Crippen LogP contribution in [0.3, 0.4) is 0 Å². The molecule has 2 unspecified atom stereocenters. The van der Waals surface area contributed by atoms with E-state index in [1.807, 2.05) is 67.0 Å². The molecule has 0 radical (unpaired) electrons. The zero-order valence-corrected chi connectivity index (χ0v) is 21.3. The van der Waals surface area contributed by atoms with Gasteiger partial charge < -0.3 is 9.47 Å². The van der Waals surface area contributed by atoms with Crippen LogP contribution in [-0.4, -0.2) is 62.7 Å². The maximum absolute atomic E-state index is 12.4. The number of aromatic nitrogens is 4. The molecule has 4 heterocycles. The van der Waals surface area contributed by atoms with E-state index in [-0.39, 0.29) is 11.6 Å². The molecule has 0 spiro atoms. The maximum Gasteiger partial charge on any atom is 0.267 e. The van der Waals surface area contributed by atoms with Gasteiger partial charge in [-0.3, -0.25) is 9.69 Å². The molecule has 1 aliphatic rings. The van der Waals surface area contributed by atoms with Crippen molar-refractivity contribution in [2.24, 2.45) is 0 Å². The predicted octanol–water partition coefficient (Wildman–Crippen LogP) is 4.29. The first-order chi connectivity index (χ1) is 17.4. The quantitative estimate of drug-likeness (QED) is 0.387. The number of benzene rings is 1. The monoisotopic (exact) mass is 487 g/mol. The summed E-state index contributed by atoms with van der Waals surface area (Å²) in [5.74, 6) is 0.772. The summed E-state index contributed by atoms with van der Waals surface area (Å²) < 4.78 is 15.2. The first-order valence-electron chi connectivity index (χ1n) is 12.6. The molecule has 8 heteroatoms. The summed E-state index contributed by atoms with van der Waals surface area (Å²) in [5.41, 5.74) is 4.12. The Kier molecular flexibility index (Phi) is 6.89. The standard InChI is InChI=1S/C28H33N5O3/c1-19(2)33-26(34)11-10-24(29-33)27-25-16-23(36-15-14-31-20(3)17-35-18-21(31)4)12-13-32(25)30-28(27)22-8-6-5-7-9-22/h5-13,16,19-21H,14-15,17-18H2,1-4H3. The fraction of sp³-hybridized carbons (Fsp3) is 0.393. The molecule has 1 fully saturated rings. The lowest BCUT2D eigenvalue weighted by molar-refractivity contribution is -0.0407. The van der Waals surface area contributed by atoms with Gasteiger partial charge >= 0.3 is 0 Å². The minimum atomic E-state index is -0.123.